The maximum atomic E-state index is 8.02. The molecule has 0 heterocycles. The lowest BCUT2D eigenvalue weighted by Crippen LogP contribution is -1.82. The molecule has 0 rings (SSSR count). The largest absolute Gasteiger partial charge is 0.198 e. The summed E-state index contributed by atoms with van der Waals surface area (Å²) < 4.78 is 0. The summed E-state index contributed by atoms with van der Waals surface area (Å²) in [6.45, 7) is 5.46. The Hall–Kier alpha value is -0.510. The van der Waals surface area contributed by atoms with E-state index in [0.29, 0.717) is 0 Å². The van der Waals surface area contributed by atoms with E-state index >= 15 is 0 Å². The summed E-state index contributed by atoms with van der Waals surface area (Å²) in [6.07, 6.45) is 0.858. The van der Waals surface area contributed by atoms with E-state index in [9.17, 15) is 0 Å². The van der Waals surface area contributed by atoms with E-state index in [4.69, 9.17) is 5.26 Å². The number of nitriles is 1. The Kier molecular flexibility index (Phi) is 2.48. The molecule has 0 aliphatic rings. The highest BCUT2D eigenvalue weighted by molar-refractivity contribution is 4.82. The van der Waals surface area contributed by atoms with Crippen LogP contribution in [0.4, 0.5) is 0 Å². The van der Waals surface area contributed by atoms with Crippen LogP contribution in [0.1, 0.15) is 13.3 Å². The van der Waals surface area contributed by atoms with Crippen molar-refractivity contribution in [2.45, 2.75) is 13.3 Å². The summed E-state index contributed by atoms with van der Waals surface area (Å²) in [6, 6.07) is 2.00. The first-order chi connectivity index (χ1) is 2.81. The van der Waals surface area contributed by atoms with E-state index in [1.165, 1.54) is 0 Å². The summed E-state index contributed by atoms with van der Waals surface area (Å²) in [5.74, 6) is -0.00926. The molecule has 0 spiro atoms. The van der Waals surface area contributed by atoms with Crippen molar-refractivity contribution in [3.05, 3.63) is 6.92 Å². The first kappa shape index (κ1) is 5.49. The maximum Gasteiger partial charge on any atom is 0.0655 e. The molecule has 0 aromatic rings. The summed E-state index contributed by atoms with van der Waals surface area (Å²) in [7, 11) is 0. The molecule has 1 atom stereocenters. The summed E-state index contributed by atoms with van der Waals surface area (Å²) >= 11 is 0. The van der Waals surface area contributed by atoms with Crippen LogP contribution in [0.2, 0.25) is 0 Å². The third kappa shape index (κ3) is 1.78. The monoisotopic (exact) mass is 82.1 g/mol. The van der Waals surface area contributed by atoms with E-state index in [1.807, 2.05) is 13.0 Å². The van der Waals surface area contributed by atoms with E-state index in [-0.39, 0.29) is 5.92 Å². The predicted octanol–water partition coefficient (Wildman–Crippen LogP) is 1.37. The lowest BCUT2D eigenvalue weighted by atomic mass is 10.2. The van der Waals surface area contributed by atoms with Crippen LogP contribution < -0.4 is 0 Å². The second kappa shape index (κ2) is 2.71. The summed E-state index contributed by atoms with van der Waals surface area (Å²) in [4.78, 5) is 0. The first-order valence-corrected chi connectivity index (χ1v) is 2.04. The van der Waals surface area contributed by atoms with Gasteiger partial charge in [0.25, 0.3) is 0 Å². The zero-order chi connectivity index (χ0) is 4.99. The molecule has 0 bridgehead atoms. The minimum Gasteiger partial charge on any atom is -0.198 e. The molecular weight excluding hydrogens is 74.1 g/mol. The highest BCUT2D eigenvalue weighted by atomic mass is 14.2. The zero-order valence-corrected chi connectivity index (χ0v) is 3.94. The van der Waals surface area contributed by atoms with Crippen molar-refractivity contribution >= 4 is 0 Å². The molecule has 0 fully saturated rings. The van der Waals surface area contributed by atoms with E-state index in [0.717, 1.165) is 6.42 Å². The van der Waals surface area contributed by atoms with E-state index in [2.05, 4.69) is 6.92 Å². The predicted molar refractivity (Wildman–Crippen MR) is 24.8 cm³/mol. The zero-order valence-electron chi connectivity index (χ0n) is 3.94. The standard InChI is InChI=1S/C5H8N/c1-3-5(2)4-6/h5H,2-3H2,1H3. The van der Waals surface area contributed by atoms with Crippen molar-refractivity contribution in [3.63, 3.8) is 0 Å². The van der Waals surface area contributed by atoms with Crippen molar-refractivity contribution in [3.8, 4) is 6.07 Å². The van der Waals surface area contributed by atoms with Crippen molar-refractivity contribution in [1.29, 1.82) is 5.26 Å². The molecule has 0 aliphatic heterocycles. The van der Waals surface area contributed by atoms with Gasteiger partial charge in [-0.1, -0.05) is 6.92 Å². The van der Waals surface area contributed by atoms with Crippen molar-refractivity contribution in [2.24, 2.45) is 5.92 Å². The average molecular weight is 82.1 g/mol. The van der Waals surface area contributed by atoms with Crippen LogP contribution >= 0.6 is 0 Å². The second-order valence-electron chi connectivity index (χ2n) is 1.23. The van der Waals surface area contributed by atoms with Gasteiger partial charge >= 0.3 is 0 Å². The van der Waals surface area contributed by atoms with Crippen LogP contribution in [0.15, 0.2) is 0 Å². The molecule has 0 N–H and O–H groups in total. The highest BCUT2D eigenvalue weighted by Gasteiger charge is 1.88. The van der Waals surface area contributed by atoms with Gasteiger partial charge in [-0.05, 0) is 13.3 Å². The molecule has 0 amide bonds. The van der Waals surface area contributed by atoms with Gasteiger partial charge in [0.15, 0.2) is 0 Å². The van der Waals surface area contributed by atoms with Gasteiger partial charge in [-0.15, -0.1) is 0 Å². The Balaban J connectivity index is 3.04. The van der Waals surface area contributed by atoms with Crippen LogP contribution in [-0.4, -0.2) is 0 Å². The molecule has 1 radical (unpaired) electrons. The number of hydrogen-bond donors (Lipinski definition) is 0. The lowest BCUT2D eigenvalue weighted by molar-refractivity contribution is 0.785. The molecule has 1 nitrogen and oxygen atoms in total. The number of rotatable bonds is 1. The Labute approximate surface area is 38.6 Å². The van der Waals surface area contributed by atoms with Gasteiger partial charge in [0.1, 0.15) is 0 Å². The minimum absolute atomic E-state index is 0.00926. The highest BCUT2D eigenvalue weighted by Crippen LogP contribution is 1.93. The molecule has 0 aromatic carbocycles. The molecule has 1 heteroatoms. The van der Waals surface area contributed by atoms with Crippen LogP contribution in [0.25, 0.3) is 0 Å². The van der Waals surface area contributed by atoms with Gasteiger partial charge in [0, 0.05) is 5.92 Å². The molecular formula is C5H8N. The molecule has 0 aromatic heterocycles. The third-order valence-corrected chi connectivity index (χ3v) is 0.675. The maximum absolute atomic E-state index is 8.02. The van der Waals surface area contributed by atoms with Crippen molar-refractivity contribution < 1.29 is 0 Å². The topological polar surface area (TPSA) is 23.8 Å². The lowest BCUT2D eigenvalue weighted by Gasteiger charge is -1.86. The molecule has 0 saturated carbocycles. The SMILES string of the molecule is [CH2]C(C#N)CC. The van der Waals surface area contributed by atoms with Gasteiger partial charge in [0.2, 0.25) is 0 Å². The molecule has 6 heavy (non-hydrogen) atoms. The Morgan fingerprint density at radius 2 is 2.50 bits per heavy atom. The molecule has 33 valence electrons. The van der Waals surface area contributed by atoms with Crippen LogP contribution in [0.3, 0.4) is 0 Å². The van der Waals surface area contributed by atoms with E-state index in [1.54, 1.807) is 0 Å². The fourth-order valence-corrected chi connectivity index (χ4v) is 0.0913. The van der Waals surface area contributed by atoms with Gasteiger partial charge in [-0.2, -0.15) is 5.26 Å². The summed E-state index contributed by atoms with van der Waals surface area (Å²) in [5.41, 5.74) is 0. The van der Waals surface area contributed by atoms with Crippen LogP contribution in [0.5, 0.6) is 0 Å². The Bertz CT molecular complexity index is 60.8. The molecule has 1 unspecified atom stereocenters. The number of nitrogens with zero attached hydrogens (tertiary/aromatic N) is 1. The molecule has 0 saturated heterocycles. The quantitative estimate of drug-likeness (QED) is 0.468. The Morgan fingerprint density at radius 3 is 2.50 bits per heavy atom. The fraction of sp³-hybridized carbons (Fsp3) is 0.600. The van der Waals surface area contributed by atoms with Gasteiger partial charge in [0.05, 0.1) is 6.07 Å². The van der Waals surface area contributed by atoms with Gasteiger partial charge in [-0.3, -0.25) is 0 Å². The van der Waals surface area contributed by atoms with Crippen LogP contribution in [0, 0.1) is 24.2 Å². The first-order valence-electron chi connectivity index (χ1n) is 2.04. The third-order valence-electron chi connectivity index (χ3n) is 0.675. The number of hydrogen-bond acceptors (Lipinski definition) is 1. The second-order valence-corrected chi connectivity index (χ2v) is 1.23. The van der Waals surface area contributed by atoms with Gasteiger partial charge in [-0.25, -0.2) is 0 Å². The van der Waals surface area contributed by atoms with Gasteiger partial charge < -0.3 is 0 Å². The molecule has 0 aliphatic carbocycles. The van der Waals surface area contributed by atoms with Crippen molar-refractivity contribution in [2.75, 3.05) is 0 Å². The normalized spacial score (nSPS) is 12.8. The van der Waals surface area contributed by atoms with Crippen molar-refractivity contribution in [1.82, 2.24) is 0 Å². The Morgan fingerprint density at radius 1 is 2.00 bits per heavy atom. The smallest absolute Gasteiger partial charge is 0.0655 e. The summed E-state index contributed by atoms with van der Waals surface area (Å²) in [5, 5.41) is 8.02. The van der Waals surface area contributed by atoms with E-state index < -0.39 is 0 Å². The van der Waals surface area contributed by atoms with Crippen LogP contribution in [-0.2, 0) is 0 Å². The fourth-order valence-electron chi connectivity index (χ4n) is 0.0913. The minimum atomic E-state index is -0.00926. The average Bonchev–Trinajstić information content (AvgIpc) is 1.65.